The monoisotopic (exact) mass is 508 g/mol. The fraction of sp³-hybridized carbons (Fsp3) is 0.357. The van der Waals surface area contributed by atoms with Crippen LogP contribution in [0.25, 0.3) is 0 Å². The highest BCUT2D eigenvalue weighted by molar-refractivity contribution is 5.69. The first kappa shape index (κ1) is 27.4. The van der Waals surface area contributed by atoms with Gasteiger partial charge in [0.05, 0.1) is 0 Å². The predicted molar refractivity (Wildman–Crippen MR) is 130 cm³/mol. The Balaban J connectivity index is 2.04. The summed E-state index contributed by atoms with van der Waals surface area (Å²) >= 11 is 0. The van der Waals surface area contributed by atoms with Gasteiger partial charge in [0.1, 0.15) is 18.8 Å². The maximum atomic E-state index is 12.1. The minimum atomic E-state index is -1.23. The quantitative estimate of drug-likeness (QED) is 0.330. The number of esters is 4. The third kappa shape index (κ3) is 7.92. The van der Waals surface area contributed by atoms with Crippen molar-refractivity contribution in [1.82, 2.24) is 0 Å². The zero-order valence-electron chi connectivity index (χ0n) is 21.0. The van der Waals surface area contributed by atoms with Gasteiger partial charge >= 0.3 is 23.9 Å². The van der Waals surface area contributed by atoms with Crippen LogP contribution in [0.1, 0.15) is 50.5 Å². The van der Waals surface area contributed by atoms with E-state index in [0.29, 0.717) is 11.1 Å². The molecule has 1 fully saturated rings. The van der Waals surface area contributed by atoms with Gasteiger partial charge in [-0.2, -0.15) is 0 Å². The van der Waals surface area contributed by atoms with Crippen LogP contribution in [-0.2, 0) is 42.9 Å². The molecule has 2 aromatic carbocycles. The lowest BCUT2D eigenvalue weighted by atomic mass is 9.90. The van der Waals surface area contributed by atoms with Crippen molar-refractivity contribution in [1.29, 1.82) is 0 Å². The van der Waals surface area contributed by atoms with Crippen molar-refractivity contribution in [2.75, 3.05) is 6.61 Å². The molecule has 5 atom stereocenters. The molecule has 37 heavy (non-hydrogen) atoms. The van der Waals surface area contributed by atoms with Gasteiger partial charge in [0, 0.05) is 38.8 Å². The van der Waals surface area contributed by atoms with Crippen LogP contribution in [0, 0.1) is 11.8 Å². The van der Waals surface area contributed by atoms with Gasteiger partial charge in [0.15, 0.2) is 18.3 Å². The van der Waals surface area contributed by atoms with Crippen LogP contribution in [0.3, 0.4) is 0 Å². The van der Waals surface area contributed by atoms with Crippen LogP contribution in [0.15, 0.2) is 54.6 Å². The second-order valence-electron chi connectivity index (χ2n) is 8.36. The minimum absolute atomic E-state index is 0.290. The molecular formula is C28H28O9. The summed E-state index contributed by atoms with van der Waals surface area (Å²) in [5, 5.41) is 0. The zero-order chi connectivity index (χ0) is 26.9. The Kier molecular flexibility index (Phi) is 9.41. The summed E-state index contributed by atoms with van der Waals surface area (Å²) < 4.78 is 27.8. The molecular weight excluding hydrogens is 480 g/mol. The molecule has 1 saturated heterocycles. The molecule has 0 N–H and O–H groups in total. The fourth-order valence-electron chi connectivity index (χ4n) is 3.96. The van der Waals surface area contributed by atoms with Gasteiger partial charge in [0.25, 0.3) is 0 Å². The molecule has 3 rings (SSSR count). The summed E-state index contributed by atoms with van der Waals surface area (Å²) in [7, 11) is 0. The molecule has 2 aromatic rings. The third-order valence-corrected chi connectivity index (χ3v) is 5.33. The molecule has 0 amide bonds. The second kappa shape index (κ2) is 12.7. The molecule has 1 aliphatic rings. The summed E-state index contributed by atoms with van der Waals surface area (Å²) in [6, 6.07) is 16.5. The van der Waals surface area contributed by atoms with E-state index in [0.717, 1.165) is 5.56 Å². The molecule has 0 aliphatic carbocycles. The van der Waals surface area contributed by atoms with Crippen LogP contribution in [0.5, 0.6) is 0 Å². The summed E-state index contributed by atoms with van der Waals surface area (Å²) in [5.74, 6) is 3.56. The Labute approximate surface area is 215 Å². The largest absolute Gasteiger partial charge is 0.463 e. The highest BCUT2D eigenvalue weighted by Gasteiger charge is 2.52. The number of benzene rings is 2. The number of hydrogen-bond donors (Lipinski definition) is 0. The van der Waals surface area contributed by atoms with Crippen LogP contribution in [0.2, 0.25) is 0 Å². The van der Waals surface area contributed by atoms with E-state index in [2.05, 4.69) is 11.8 Å². The SMILES string of the molecule is CC(=O)OC[C@H]1O[C@H](c2cccc(C#Cc3ccccc3)c2)[C@@H](OC(C)=O)[C@@H](OC(C)=O)[C@@H]1OC(C)=O. The predicted octanol–water partition coefficient (Wildman–Crippen LogP) is 2.88. The fourth-order valence-corrected chi connectivity index (χ4v) is 3.96. The van der Waals surface area contributed by atoms with E-state index >= 15 is 0 Å². The van der Waals surface area contributed by atoms with Crippen LogP contribution in [0.4, 0.5) is 0 Å². The Morgan fingerprint density at radius 3 is 1.89 bits per heavy atom. The first-order chi connectivity index (χ1) is 17.6. The minimum Gasteiger partial charge on any atom is -0.463 e. The van der Waals surface area contributed by atoms with Crippen molar-refractivity contribution in [3.8, 4) is 11.8 Å². The smallest absolute Gasteiger partial charge is 0.303 e. The second-order valence-corrected chi connectivity index (χ2v) is 8.36. The number of carbonyl (C=O) groups is 4. The summed E-state index contributed by atoms with van der Waals surface area (Å²) in [5.41, 5.74) is 2.06. The van der Waals surface area contributed by atoms with Crippen molar-refractivity contribution < 1.29 is 42.9 Å². The molecule has 9 heteroatoms. The lowest BCUT2D eigenvalue weighted by molar-refractivity contribution is -0.254. The highest BCUT2D eigenvalue weighted by Crippen LogP contribution is 2.37. The van der Waals surface area contributed by atoms with Gasteiger partial charge in [-0.15, -0.1) is 0 Å². The lowest BCUT2D eigenvalue weighted by Gasteiger charge is -2.44. The maximum Gasteiger partial charge on any atom is 0.303 e. The zero-order valence-corrected chi connectivity index (χ0v) is 21.0. The molecule has 0 unspecified atom stereocenters. The molecule has 9 nitrogen and oxygen atoms in total. The molecule has 0 bridgehead atoms. The van der Waals surface area contributed by atoms with Gasteiger partial charge in [-0.3, -0.25) is 19.2 Å². The van der Waals surface area contributed by atoms with Crippen LogP contribution in [-0.4, -0.2) is 54.9 Å². The van der Waals surface area contributed by atoms with Gasteiger partial charge in [-0.1, -0.05) is 42.2 Å². The Hall–Kier alpha value is -4.16. The number of ether oxygens (including phenoxy) is 5. The molecule has 1 aliphatic heterocycles. The van der Waals surface area contributed by atoms with E-state index in [1.807, 2.05) is 36.4 Å². The normalized spacial score (nSPS) is 22.5. The molecule has 0 radical (unpaired) electrons. The third-order valence-electron chi connectivity index (χ3n) is 5.33. The molecule has 0 aromatic heterocycles. The molecule has 1 heterocycles. The van der Waals surface area contributed by atoms with E-state index in [-0.39, 0.29) is 6.61 Å². The van der Waals surface area contributed by atoms with E-state index in [9.17, 15) is 19.2 Å². The van der Waals surface area contributed by atoms with E-state index < -0.39 is 54.4 Å². The summed E-state index contributed by atoms with van der Waals surface area (Å²) in [4.78, 5) is 47.5. The lowest BCUT2D eigenvalue weighted by Crippen LogP contribution is -2.59. The number of carbonyl (C=O) groups excluding carboxylic acids is 4. The standard InChI is InChI=1S/C28H28O9/c1-17(29)33-16-24-26(34-18(2)30)28(36-20(4)32)27(35-19(3)31)25(37-24)23-12-8-11-22(15-23)14-13-21-9-6-5-7-10-21/h5-12,15,24-28H,16H2,1-4H3/t24-,25-,26-,27-,28+/m1/s1. The van der Waals surface area contributed by atoms with Gasteiger partial charge < -0.3 is 23.7 Å². The Morgan fingerprint density at radius 1 is 0.703 bits per heavy atom. The van der Waals surface area contributed by atoms with Crippen LogP contribution >= 0.6 is 0 Å². The van der Waals surface area contributed by atoms with E-state index in [1.165, 1.54) is 27.7 Å². The van der Waals surface area contributed by atoms with Crippen molar-refractivity contribution in [2.24, 2.45) is 0 Å². The van der Waals surface area contributed by atoms with Crippen LogP contribution < -0.4 is 0 Å². The van der Waals surface area contributed by atoms with Gasteiger partial charge in [-0.25, -0.2) is 0 Å². The molecule has 0 saturated carbocycles. The van der Waals surface area contributed by atoms with Crippen molar-refractivity contribution in [2.45, 2.75) is 58.2 Å². The first-order valence-electron chi connectivity index (χ1n) is 11.6. The number of rotatable bonds is 6. The maximum absolute atomic E-state index is 12.1. The van der Waals surface area contributed by atoms with Crippen molar-refractivity contribution >= 4 is 23.9 Å². The Bertz CT molecular complexity index is 1190. The topological polar surface area (TPSA) is 114 Å². The van der Waals surface area contributed by atoms with Gasteiger partial charge in [0.2, 0.25) is 0 Å². The van der Waals surface area contributed by atoms with E-state index in [1.54, 1.807) is 18.2 Å². The number of hydrogen-bond acceptors (Lipinski definition) is 9. The van der Waals surface area contributed by atoms with Crippen molar-refractivity contribution in [3.05, 3.63) is 71.3 Å². The van der Waals surface area contributed by atoms with E-state index in [4.69, 9.17) is 23.7 Å². The highest BCUT2D eigenvalue weighted by atomic mass is 16.7. The van der Waals surface area contributed by atoms with Crippen molar-refractivity contribution in [3.63, 3.8) is 0 Å². The first-order valence-corrected chi connectivity index (χ1v) is 11.6. The van der Waals surface area contributed by atoms with Gasteiger partial charge in [-0.05, 0) is 29.8 Å². The Morgan fingerprint density at radius 2 is 1.27 bits per heavy atom. The molecule has 194 valence electrons. The summed E-state index contributed by atoms with van der Waals surface area (Å²) in [6.07, 6.45) is -5.59. The average Bonchev–Trinajstić information content (AvgIpc) is 2.84. The molecule has 0 spiro atoms. The summed E-state index contributed by atoms with van der Waals surface area (Å²) in [6.45, 7) is 4.50. The average molecular weight is 509 g/mol.